The first kappa shape index (κ1) is 15.1. The number of rotatable bonds is 4. The van der Waals surface area contributed by atoms with Crippen molar-refractivity contribution in [2.24, 2.45) is 4.99 Å². The van der Waals surface area contributed by atoms with Crippen LogP contribution in [0.4, 0.5) is 0 Å². The highest BCUT2D eigenvalue weighted by atomic mass is 35.5. The van der Waals surface area contributed by atoms with Gasteiger partial charge in [-0.1, -0.05) is 41.4 Å². The van der Waals surface area contributed by atoms with Crippen LogP contribution in [0.3, 0.4) is 0 Å². The molecule has 1 aliphatic rings. The van der Waals surface area contributed by atoms with Crippen LogP contribution in [-0.4, -0.2) is 24.2 Å². The molecule has 1 aromatic heterocycles. The number of aromatic nitrogens is 1. The summed E-state index contributed by atoms with van der Waals surface area (Å²) in [6.45, 7) is 1.27. The van der Waals surface area contributed by atoms with Gasteiger partial charge in [0.25, 0.3) is 6.02 Å². The summed E-state index contributed by atoms with van der Waals surface area (Å²) in [6.07, 6.45) is 4.29. The van der Waals surface area contributed by atoms with Gasteiger partial charge in [0.1, 0.15) is 6.61 Å². The van der Waals surface area contributed by atoms with E-state index in [2.05, 4.69) is 15.3 Å². The van der Waals surface area contributed by atoms with Gasteiger partial charge in [0, 0.05) is 12.4 Å². The van der Waals surface area contributed by atoms with E-state index in [1.54, 1.807) is 12.3 Å². The summed E-state index contributed by atoms with van der Waals surface area (Å²) in [5.74, 6) is 0. The lowest BCUT2D eigenvalue weighted by atomic mass is 10.00. The average molecular weight is 336 g/mol. The van der Waals surface area contributed by atoms with E-state index < -0.39 is 0 Å². The Morgan fingerprint density at radius 3 is 2.86 bits per heavy atom. The topological polar surface area (TPSA) is 46.5 Å². The molecule has 1 unspecified atom stereocenters. The molecule has 1 aromatic carbocycles. The van der Waals surface area contributed by atoms with Gasteiger partial charge in [-0.3, -0.25) is 4.98 Å². The first-order chi connectivity index (χ1) is 10.7. The summed E-state index contributed by atoms with van der Waals surface area (Å²) < 4.78 is 5.46. The number of hydrogen-bond acceptors (Lipinski definition) is 4. The van der Waals surface area contributed by atoms with Crippen LogP contribution in [0.1, 0.15) is 17.2 Å². The maximum atomic E-state index is 6.37. The molecule has 0 bridgehead atoms. The summed E-state index contributed by atoms with van der Waals surface area (Å²) in [5.41, 5.74) is 2.01. The van der Waals surface area contributed by atoms with Crippen LogP contribution >= 0.6 is 23.2 Å². The molecular weight excluding hydrogens is 321 g/mol. The zero-order chi connectivity index (χ0) is 15.4. The Hall–Kier alpha value is -1.78. The van der Waals surface area contributed by atoms with Gasteiger partial charge in [0.05, 0.1) is 22.6 Å². The molecule has 22 heavy (non-hydrogen) atoms. The van der Waals surface area contributed by atoms with E-state index in [-0.39, 0.29) is 6.04 Å². The minimum Gasteiger partial charge on any atom is -0.463 e. The minimum atomic E-state index is -0.0905. The second-order valence-corrected chi connectivity index (χ2v) is 5.73. The molecule has 4 nitrogen and oxygen atoms in total. The molecule has 2 heterocycles. The molecule has 0 aliphatic carbocycles. The Balaban J connectivity index is 1.89. The lowest BCUT2D eigenvalue weighted by Crippen LogP contribution is -2.30. The van der Waals surface area contributed by atoms with Crippen molar-refractivity contribution in [1.82, 2.24) is 10.3 Å². The van der Waals surface area contributed by atoms with Gasteiger partial charge in [0.2, 0.25) is 0 Å². The number of aliphatic imine (C=N–C) groups is 1. The Morgan fingerprint density at radius 2 is 2.14 bits per heavy atom. The molecule has 6 heteroatoms. The second-order valence-electron chi connectivity index (χ2n) is 4.94. The standard InChI is InChI=1S/C16H15Cl2N3O/c17-13-5-1-4-12(15(13)18)14(21-16-20-7-8-22-16)9-11-3-2-6-19-10-11/h1-6,10,14H,7-9H2,(H,20,21). The van der Waals surface area contributed by atoms with Crippen molar-refractivity contribution in [2.45, 2.75) is 12.5 Å². The third-order valence-electron chi connectivity index (χ3n) is 3.40. The normalized spacial score (nSPS) is 15.1. The van der Waals surface area contributed by atoms with Gasteiger partial charge in [-0.05, 0) is 29.7 Å². The Morgan fingerprint density at radius 1 is 1.23 bits per heavy atom. The van der Waals surface area contributed by atoms with Gasteiger partial charge in [-0.15, -0.1) is 0 Å². The molecule has 0 fully saturated rings. The van der Waals surface area contributed by atoms with Crippen molar-refractivity contribution in [3.05, 3.63) is 63.9 Å². The highest BCUT2D eigenvalue weighted by Gasteiger charge is 2.20. The molecule has 1 aliphatic heterocycles. The summed E-state index contributed by atoms with van der Waals surface area (Å²) in [4.78, 5) is 8.44. The molecule has 2 aromatic rings. The molecule has 114 valence electrons. The number of hydrogen-bond donors (Lipinski definition) is 1. The highest BCUT2D eigenvalue weighted by molar-refractivity contribution is 6.42. The first-order valence-electron chi connectivity index (χ1n) is 7.00. The van der Waals surface area contributed by atoms with Crippen molar-refractivity contribution in [3.8, 4) is 0 Å². The number of amidine groups is 1. The molecule has 0 saturated heterocycles. The van der Waals surface area contributed by atoms with E-state index in [9.17, 15) is 0 Å². The van der Waals surface area contributed by atoms with Crippen molar-refractivity contribution in [2.75, 3.05) is 13.2 Å². The third-order valence-corrected chi connectivity index (χ3v) is 4.24. The second kappa shape index (κ2) is 6.99. The van der Waals surface area contributed by atoms with Crippen LogP contribution < -0.4 is 5.32 Å². The Bertz CT molecular complexity index is 676. The van der Waals surface area contributed by atoms with E-state index in [0.717, 1.165) is 11.1 Å². The summed E-state index contributed by atoms with van der Waals surface area (Å²) >= 11 is 12.5. The van der Waals surface area contributed by atoms with Crippen LogP contribution in [0, 0.1) is 0 Å². The van der Waals surface area contributed by atoms with Crippen molar-refractivity contribution in [3.63, 3.8) is 0 Å². The van der Waals surface area contributed by atoms with Gasteiger partial charge in [-0.2, -0.15) is 0 Å². The van der Waals surface area contributed by atoms with E-state index in [0.29, 0.717) is 35.6 Å². The largest absolute Gasteiger partial charge is 0.463 e. The van der Waals surface area contributed by atoms with Gasteiger partial charge in [0.15, 0.2) is 0 Å². The zero-order valence-corrected chi connectivity index (χ0v) is 13.3. The van der Waals surface area contributed by atoms with Crippen molar-refractivity contribution < 1.29 is 4.74 Å². The van der Waals surface area contributed by atoms with E-state index in [1.807, 2.05) is 30.5 Å². The fraction of sp³-hybridized carbons (Fsp3) is 0.250. The number of pyridine rings is 1. The van der Waals surface area contributed by atoms with Crippen LogP contribution in [0.2, 0.25) is 10.0 Å². The average Bonchev–Trinajstić information content (AvgIpc) is 3.03. The van der Waals surface area contributed by atoms with Crippen LogP contribution in [0.15, 0.2) is 47.7 Å². The van der Waals surface area contributed by atoms with Crippen LogP contribution in [-0.2, 0) is 11.2 Å². The summed E-state index contributed by atoms with van der Waals surface area (Å²) in [7, 11) is 0. The van der Waals surface area contributed by atoms with E-state index in [4.69, 9.17) is 27.9 Å². The van der Waals surface area contributed by atoms with Gasteiger partial charge >= 0.3 is 0 Å². The lowest BCUT2D eigenvalue weighted by molar-refractivity contribution is 0.325. The molecular formula is C16H15Cl2N3O. The van der Waals surface area contributed by atoms with Crippen molar-refractivity contribution in [1.29, 1.82) is 0 Å². The number of halogens is 2. The molecule has 0 saturated carbocycles. The Kier molecular flexibility index (Phi) is 4.80. The fourth-order valence-corrected chi connectivity index (χ4v) is 2.79. The van der Waals surface area contributed by atoms with Gasteiger partial charge < -0.3 is 10.1 Å². The quantitative estimate of drug-likeness (QED) is 0.927. The van der Waals surface area contributed by atoms with Crippen molar-refractivity contribution >= 4 is 29.2 Å². The van der Waals surface area contributed by atoms with Gasteiger partial charge in [-0.25, -0.2) is 4.99 Å². The van der Waals surface area contributed by atoms with Crippen LogP contribution in [0.5, 0.6) is 0 Å². The maximum Gasteiger partial charge on any atom is 0.285 e. The maximum absolute atomic E-state index is 6.37. The summed E-state index contributed by atoms with van der Waals surface area (Å²) in [6, 6.07) is 10.0. The Labute approximate surface area is 139 Å². The predicted octanol–water partition coefficient (Wildman–Crippen LogP) is 3.65. The SMILES string of the molecule is Clc1cccc(C(Cc2cccnc2)NC2=NCCO2)c1Cl. The van der Waals surface area contributed by atoms with E-state index >= 15 is 0 Å². The number of ether oxygens (including phenoxy) is 1. The molecule has 0 spiro atoms. The number of benzene rings is 1. The lowest BCUT2D eigenvalue weighted by Gasteiger charge is -2.21. The predicted molar refractivity (Wildman–Crippen MR) is 88.5 cm³/mol. The summed E-state index contributed by atoms with van der Waals surface area (Å²) in [5, 5.41) is 4.38. The zero-order valence-electron chi connectivity index (χ0n) is 11.8. The van der Waals surface area contributed by atoms with Crippen LogP contribution in [0.25, 0.3) is 0 Å². The fourth-order valence-electron chi connectivity index (χ4n) is 2.35. The van der Waals surface area contributed by atoms with E-state index in [1.165, 1.54) is 0 Å². The number of nitrogens with one attached hydrogen (secondary N) is 1. The molecule has 1 atom stereocenters. The molecule has 0 amide bonds. The molecule has 0 radical (unpaired) electrons. The monoisotopic (exact) mass is 335 g/mol. The minimum absolute atomic E-state index is 0.0905. The number of nitrogens with zero attached hydrogens (tertiary/aromatic N) is 2. The first-order valence-corrected chi connectivity index (χ1v) is 7.76. The third kappa shape index (κ3) is 3.51. The molecule has 1 N–H and O–H groups in total. The smallest absolute Gasteiger partial charge is 0.285 e. The molecule has 3 rings (SSSR count). The highest BCUT2D eigenvalue weighted by Crippen LogP contribution is 2.31.